The second kappa shape index (κ2) is 12.2. The number of ether oxygens (including phenoxy) is 6. The van der Waals surface area contributed by atoms with Crippen LogP contribution in [0.1, 0.15) is 30.4 Å². The zero-order chi connectivity index (χ0) is 21.7. The number of carbonyl (C=O) groups excluding carboxylic acids is 4. The molecule has 0 aromatic rings. The van der Waals surface area contributed by atoms with Crippen LogP contribution in [0.2, 0.25) is 0 Å². The van der Waals surface area contributed by atoms with Gasteiger partial charge in [-0.15, -0.1) is 0 Å². The first-order valence-electron chi connectivity index (χ1n) is 8.96. The minimum absolute atomic E-state index is 0.398. The van der Waals surface area contributed by atoms with Crippen LogP contribution in [-0.4, -0.2) is 75.7 Å². The van der Waals surface area contributed by atoms with E-state index in [0.29, 0.717) is 0 Å². The average Bonchev–Trinajstić information content (AvgIpc) is 2.58. The third kappa shape index (κ3) is 9.33. The molecule has 10 nitrogen and oxygen atoms in total. The largest absolute Gasteiger partial charge is 0.463 e. The number of methoxy groups -OCH3 is 2. The minimum Gasteiger partial charge on any atom is -0.463 e. The second-order valence-electron chi connectivity index (χ2n) is 5.16. The summed E-state index contributed by atoms with van der Waals surface area (Å²) in [6.07, 6.45) is -5.08. The molecule has 0 saturated heterocycles. The summed E-state index contributed by atoms with van der Waals surface area (Å²) in [4.78, 5) is 45.3. The Kier molecular flexibility index (Phi) is 9.44. The van der Waals surface area contributed by atoms with E-state index >= 15 is 0 Å². The molecule has 0 aromatic carbocycles. The molecule has 0 N–H and O–H groups in total. The molecule has 0 fully saturated rings. The van der Waals surface area contributed by atoms with Crippen molar-refractivity contribution in [3.63, 3.8) is 0 Å². The van der Waals surface area contributed by atoms with Crippen molar-refractivity contribution in [2.75, 3.05) is 27.4 Å². The van der Waals surface area contributed by atoms with Gasteiger partial charge in [-0.05, 0) is 0 Å². The van der Waals surface area contributed by atoms with E-state index in [4.69, 9.17) is 31.2 Å². The van der Waals surface area contributed by atoms with E-state index < -0.39 is 75.7 Å². The number of hydrogen-bond acceptors (Lipinski definition) is 10. The Morgan fingerprint density at radius 3 is 1.62 bits per heavy atom. The fraction of sp³-hybridized carbons (Fsp3) is 0.750. The summed E-state index contributed by atoms with van der Waals surface area (Å²) in [6.45, 7) is 3.65. The molecule has 26 heavy (non-hydrogen) atoms. The third-order valence-corrected chi connectivity index (χ3v) is 2.98. The fourth-order valence-corrected chi connectivity index (χ4v) is 2.01. The third-order valence-electron chi connectivity index (χ3n) is 2.98. The van der Waals surface area contributed by atoms with Gasteiger partial charge >= 0.3 is 23.9 Å². The van der Waals surface area contributed by atoms with Gasteiger partial charge in [0.05, 0.1) is 2.74 Å². The molecule has 0 aromatic heterocycles. The van der Waals surface area contributed by atoms with Gasteiger partial charge in [0.25, 0.3) is 0 Å². The Hall–Kier alpha value is -2.20. The Balaban J connectivity index is 5.84. The van der Waals surface area contributed by atoms with Crippen LogP contribution >= 0.6 is 0 Å². The first-order chi connectivity index (χ1) is 13.1. The zero-order valence-electron chi connectivity index (χ0n) is 17.2. The highest BCUT2D eigenvalue weighted by molar-refractivity contribution is 5.67. The van der Waals surface area contributed by atoms with Crippen molar-refractivity contribution in [3.8, 4) is 0 Å². The smallest absolute Gasteiger partial charge is 0.303 e. The summed E-state index contributed by atoms with van der Waals surface area (Å²) in [6, 6.07) is 0. The quantitative estimate of drug-likeness (QED) is 0.357. The SMILES string of the molecule is [2H]CO[C@@H]([C@H](OC(C)=O)[C@@H](COC(C)=O)OC[2H])[C@@H](COC(C)=O)OC(C)=O. The molecule has 0 amide bonds. The molecule has 0 aliphatic carbocycles. The number of esters is 4. The van der Waals surface area contributed by atoms with Gasteiger partial charge in [-0.1, -0.05) is 0 Å². The maximum atomic E-state index is 11.6. The van der Waals surface area contributed by atoms with Crippen molar-refractivity contribution in [1.29, 1.82) is 0 Å². The van der Waals surface area contributed by atoms with Crippen LogP contribution < -0.4 is 0 Å². The number of carbonyl (C=O) groups is 4. The van der Waals surface area contributed by atoms with E-state index in [1.165, 1.54) is 0 Å². The van der Waals surface area contributed by atoms with Crippen molar-refractivity contribution < 1.29 is 50.3 Å². The van der Waals surface area contributed by atoms with Gasteiger partial charge in [0.15, 0.2) is 12.2 Å². The Morgan fingerprint density at radius 1 is 0.692 bits per heavy atom. The first-order valence-corrected chi connectivity index (χ1v) is 7.55. The molecule has 0 aliphatic rings. The standard InChI is InChI=1S/C16H26O10/c1-9(17)23-7-13(21-5)16(26-12(4)20)15(22-6)14(25-11(3)19)8-24-10(2)18/h13-16H,7-8H2,1-6H3/t13-,14-,15-,16-/m1/s1/i5D,6D. The van der Waals surface area contributed by atoms with Crippen LogP contribution in [0.4, 0.5) is 0 Å². The lowest BCUT2D eigenvalue weighted by molar-refractivity contribution is -0.196. The molecule has 150 valence electrons. The number of hydrogen-bond donors (Lipinski definition) is 0. The summed E-state index contributed by atoms with van der Waals surface area (Å²) in [5.41, 5.74) is 0. The average molecular weight is 380 g/mol. The number of rotatable bonds is 11. The highest BCUT2D eigenvalue weighted by Gasteiger charge is 2.40. The van der Waals surface area contributed by atoms with E-state index in [1.807, 2.05) is 0 Å². The summed E-state index contributed by atoms with van der Waals surface area (Å²) in [5, 5.41) is 0. The lowest BCUT2D eigenvalue weighted by Gasteiger charge is -2.34. The second-order valence-corrected chi connectivity index (χ2v) is 5.16. The van der Waals surface area contributed by atoms with Crippen molar-refractivity contribution in [3.05, 3.63) is 0 Å². The van der Waals surface area contributed by atoms with Crippen LogP contribution in [0, 0.1) is 0 Å². The van der Waals surface area contributed by atoms with Crippen LogP contribution in [-0.2, 0) is 47.6 Å². The molecule has 0 unspecified atom stereocenters. The van der Waals surface area contributed by atoms with Crippen LogP contribution in [0.5, 0.6) is 0 Å². The van der Waals surface area contributed by atoms with Crippen LogP contribution in [0.25, 0.3) is 0 Å². The Morgan fingerprint density at radius 2 is 1.19 bits per heavy atom. The van der Waals surface area contributed by atoms with Crippen molar-refractivity contribution >= 4 is 23.9 Å². The van der Waals surface area contributed by atoms with E-state index in [2.05, 4.69) is 0 Å². The van der Waals surface area contributed by atoms with Gasteiger partial charge in [-0.25, -0.2) is 0 Å². The van der Waals surface area contributed by atoms with Crippen molar-refractivity contribution in [2.24, 2.45) is 0 Å². The van der Waals surface area contributed by atoms with Crippen LogP contribution in [0.3, 0.4) is 0 Å². The maximum absolute atomic E-state index is 11.6. The Labute approximate surface area is 154 Å². The molecule has 0 radical (unpaired) electrons. The highest BCUT2D eigenvalue weighted by Crippen LogP contribution is 2.19. The van der Waals surface area contributed by atoms with E-state index in [9.17, 15) is 19.2 Å². The van der Waals surface area contributed by atoms with Gasteiger partial charge in [0, 0.05) is 41.9 Å². The molecule has 0 saturated carbocycles. The lowest BCUT2D eigenvalue weighted by atomic mass is 10.0. The van der Waals surface area contributed by atoms with Gasteiger partial charge in [-0.2, -0.15) is 0 Å². The highest BCUT2D eigenvalue weighted by atomic mass is 16.6. The van der Waals surface area contributed by atoms with Crippen molar-refractivity contribution in [2.45, 2.75) is 52.1 Å². The summed E-state index contributed by atoms with van der Waals surface area (Å²) >= 11 is 0. The van der Waals surface area contributed by atoms with Gasteiger partial charge in [-0.3, -0.25) is 19.2 Å². The normalized spacial score (nSPS) is 16.2. The molecule has 4 atom stereocenters. The first kappa shape index (κ1) is 20.1. The predicted molar refractivity (Wildman–Crippen MR) is 86.0 cm³/mol. The van der Waals surface area contributed by atoms with Crippen molar-refractivity contribution in [1.82, 2.24) is 0 Å². The molecule has 0 aliphatic heterocycles. The summed E-state index contributed by atoms with van der Waals surface area (Å²) in [5.74, 6) is -2.81. The molecule has 10 heteroatoms. The zero-order valence-corrected chi connectivity index (χ0v) is 15.2. The monoisotopic (exact) mass is 380 g/mol. The van der Waals surface area contributed by atoms with E-state index in [0.717, 1.165) is 27.7 Å². The molecule has 0 spiro atoms. The van der Waals surface area contributed by atoms with E-state index in [1.54, 1.807) is 0 Å². The van der Waals surface area contributed by atoms with Crippen LogP contribution in [0.15, 0.2) is 0 Å². The van der Waals surface area contributed by atoms with Gasteiger partial charge in [0.1, 0.15) is 25.4 Å². The maximum Gasteiger partial charge on any atom is 0.303 e. The summed E-state index contributed by atoms with van der Waals surface area (Å²) in [7, 11) is -1.19. The molecule has 0 bridgehead atoms. The molecule has 0 rings (SSSR count). The Bertz CT molecular complexity index is 528. The topological polar surface area (TPSA) is 124 Å². The van der Waals surface area contributed by atoms with E-state index in [-0.39, 0.29) is 0 Å². The van der Waals surface area contributed by atoms with Gasteiger partial charge in [0.2, 0.25) is 0 Å². The predicted octanol–water partition coefficient (Wildman–Crippen LogP) is 0.00600. The van der Waals surface area contributed by atoms with Gasteiger partial charge < -0.3 is 28.4 Å². The lowest BCUT2D eigenvalue weighted by Crippen LogP contribution is -2.52. The molecule has 0 heterocycles. The summed E-state index contributed by atoms with van der Waals surface area (Å²) < 4.78 is 45.1. The minimum atomic E-state index is -1.34. The fourth-order valence-electron chi connectivity index (χ4n) is 2.01. The molecular weight excluding hydrogens is 352 g/mol. The molecular formula is C16H26O10.